The van der Waals surface area contributed by atoms with Crippen molar-refractivity contribution in [1.82, 2.24) is 5.32 Å². The molecule has 1 fully saturated rings. The number of nitrogens with one attached hydrogen (secondary N) is 1. The van der Waals surface area contributed by atoms with Gasteiger partial charge in [0.25, 0.3) is 0 Å². The van der Waals surface area contributed by atoms with Gasteiger partial charge in [0.15, 0.2) is 0 Å². The van der Waals surface area contributed by atoms with Crippen LogP contribution in [0.15, 0.2) is 28.7 Å². The van der Waals surface area contributed by atoms with Crippen LogP contribution in [0, 0.1) is 0 Å². The third kappa shape index (κ3) is 2.68. The summed E-state index contributed by atoms with van der Waals surface area (Å²) in [7, 11) is 0. The topological polar surface area (TPSA) is 52.6 Å². The van der Waals surface area contributed by atoms with E-state index in [-0.39, 0.29) is 18.6 Å². The van der Waals surface area contributed by atoms with E-state index in [1.165, 1.54) is 0 Å². The Bertz CT molecular complexity index is 425. The van der Waals surface area contributed by atoms with Gasteiger partial charge in [-0.1, -0.05) is 22.0 Å². The number of nitrogens with zero attached hydrogens (tertiary/aromatic N) is 1. The van der Waals surface area contributed by atoms with Gasteiger partial charge < -0.3 is 10.0 Å². The summed E-state index contributed by atoms with van der Waals surface area (Å²) in [6, 6.07) is 7.29. The van der Waals surface area contributed by atoms with Crippen molar-refractivity contribution >= 4 is 27.5 Å². The Hall–Kier alpha value is -0.910. The van der Waals surface area contributed by atoms with Crippen LogP contribution in [0.2, 0.25) is 0 Å². The van der Waals surface area contributed by atoms with Crippen molar-refractivity contribution in [2.24, 2.45) is 0 Å². The van der Waals surface area contributed by atoms with Gasteiger partial charge in [0.05, 0.1) is 6.61 Å². The van der Waals surface area contributed by atoms with Gasteiger partial charge in [-0.05, 0) is 25.1 Å². The normalized spacial score (nSPS) is 25.1. The van der Waals surface area contributed by atoms with Gasteiger partial charge in [0.2, 0.25) is 5.91 Å². The van der Waals surface area contributed by atoms with Gasteiger partial charge in [0, 0.05) is 22.7 Å². The lowest BCUT2D eigenvalue weighted by Crippen LogP contribution is -2.60. The van der Waals surface area contributed by atoms with Crippen molar-refractivity contribution in [2.45, 2.75) is 19.0 Å². The van der Waals surface area contributed by atoms with E-state index in [1.807, 2.05) is 31.2 Å². The highest BCUT2D eigenvalue weighted by molar-refractivity contribution is 9.10. The highest BCUT2D eigenvalue weighted by atomic mass is 79.9. The first-order valence-electron chi connectivity index (χ1n) is 5.55. The Balaban J connectivity index is 2.27. The molecular weight excluding hydrogens is 284 g/mol. The van der Waals surface area contributed by atoms with E-state index in [4.69, 9.17) is 0 Å². The Morgan fingerprint density at radius 1 is 1.59 bits per heavy atom. The van der Waals surface area contributed by atoms with E-state index in [2.05, 4.69) is 21.2 Å². The molecule has 2 rings (SSSR count). The first-order valence-corrected chi connectivity index (χ1v) is 6.35. The Kier molecular flexibility index (Phi) is 3.81. The van der Waals surface area contributed by atoms with Crippen LogP contribution in [0.3, 0.4) is 0 Å². The van der Waals surface area contributed by atoms with Crippen LogP contribution in [0.25, 0.3) is 0 Å². The number of halogens is 1. The minimum Gasteiger partial charge on any atom is -0.394 e. The van der Waals surface area contributed by atoms with Crippen molar-refractivity contribution in [2.75, 3.05) is 18.1 Å². The first kappa shape index (κ1) is 12.5. The highest BCUT2D eigenvalue weighted by Crippen LogP contribution is 2.22. The van der Waals surface area contributed by atoms with Gasteiger partial charge in [-0.15, -0.1) is 0 Å². The summed E-state index contributed by atoms with van der Waals surface area (Å²) in [6.07, 6.45) is 0. The lowest BCUT2D eigenvalue weighted by molar-refractivity contribution is -0.123. The first-order chi connectivity index (χ1) is 8.11. The van der Waals surface area contributed by atoms with Crippen LogP contribution < -0.4 is 10.2 Å². The molecule has 4 nitrogen and oxygen atoms in total. The molecule has 2 atom stereocenters. The summed E-state index contributed by atoms with van der Waals surface area (Å²) in [5, 5.41) is 12.3. The predicted molar refractivity (Wildman–Crippen MR) is 70.0 cm³/mol. The lowest BCUT2D eigenvalue weighted by atomic mass is 10.1. The summed E-state index contributed by atoms with van der Waals surface area (Å²) in [5.41, 5.74) is 0.858. The number of benzene rings is 1. The Morgan fingerprint density at radius 3 is 3.00 bits per heavy atom. The average molecular weight is 299 g/mol. The van der Waals surface area contributed by atoms with Crippen molar-refractivity contribution in [1.29, 1.82) is 0 Å². The zero-order chi connectivity index (χ0) is 12.4. The summed E-state index contributed by atoms with van der Waals surface area (Å²) < 4.78 is 0.939. The maximum absolute atomic E-state index is 12.1. The highest BCUT2D eigenvalue weighted by Gasteiger charge is 2.32. The van der Waals surface area contributed by atoms with E-state index in [1.54, 1.807) is 4.90 Å². The lowest BCUT2D eigenvalue weighted by Gasteiger charge is -2.36. The third-order valence-electron chi connectivity index (χ3n) is 2.81. The van der Waals surface area contributed by atoms with Crippen LogP contribution in [0.5, 0.6) is 0 Å². The molecular formula is C12H15BrN2O2. The summed E-state index contributed by atoms with van der Waals surface area (Å²) in [5.74, 6) is -0.0799. The van der Waals surface area contributed by atoms with Crippen LogP contribution in [0.4, 0.5) is 5.69 Å². The maximum Gasteiger partial charge on any atom is 0.246 e. The Labute approximate surface area is 109 Å². The molecule has 1 saturated heterocycles. The summed E-state index contributed by atoms with van der Waals surface area (Å²) in [4.78, 5) is 13.8. The second kappa shape index (κ2) is 5.16. The monoisotopic (exact) mass is 298 g/mol. The number of hydrogen-bond acceptors (Lipinski definition) is 3. The molecule has 2 N–H and O–H groups in total. The molecule has 0 aromatic heterocycles. The van der Waals surface area contributed by atoms with E-state index in [0.29, 0.717) is 6.54 Å². The largest absolute Gasteiger partial charge is 0.394 e. The zero-order valence-corrected chi connectivity index (χ0v) is 11.1. The number of carbonyl (C=O) groups excluding carboxylic acids is 1. The van der Waals surface area contributed by atoms with Gasteiger partial charge in [-0.3, -0.25) is 10.1 Å². The minimum atomic E-state index is -0.502. The zero-order valence-electron chi connectivity index (χ0n) is 9.56. The number of hydrogen-bond donors (Lipinski definition) is 2. The van der Waals surface area contributed by atoms with E-state index >= 15 is 0 Å². The molecule has 1 heterocycles. The third-order valence-corrected chi connectivity index (χ3v) is 3.30. The maximum atomic E-state index is 12.1. The molecule has 5 heteroatoms. The minimum absolute atomic E-state index is 0.0799. The number of rotatable bonds is 2. The average Bonchev–Trinajstić information content (AvgIpc) is 2.31. The fraction of sp³-hybridized carbons (Fsp3) is 0.417. The summed E-state index contributed by atoms with van der Waals surface area (Å²) in [6.45, 7) is 2.44. The molecule has 17 heavy (non-hydrogen) atoms. The van der Waals surface area contributed by atoms with Gasteiger partial charge in [0.1, 0.15) is 6.04 Å². The van der Waals surface area contributed by atoms with Crippen molar-refractivity contribution < 1.29 is 9.90 Å². The number of anilines is 1. The van der Waals surface area contributed by atoms with Crippen LogP contribution >= 0.6 is 15.9 Å². The molecule has 0 aliphatic carbocycles. The van der Waals surface area contributed by atoms with Crippen molar-refractivity contribution in [3.63, 3.8) is 0 Å². The SMILES string of the molecule is CC1CN(c2cccc(Br)c2)C(=O)C(CO)N1. The van der Waals surface area contributed by atoms with Crippen LogP contribution in [-0.2, 0) is 4.79 Å². The molecule has 0 spiro atoms. The van der Waals surface area contributed by atoms with Crippen LogP contribution in [0.1, 0.15) is 6.92 Å². The predicted octanol–water partition coefficient (Wildman–Crippen LogP) is 1.13. The molecule has 1 aliphatic rings. The van der Waals surface area contributed by atoms with E-state index in [9.17, 15) is 9.90 Å². The number of piperazine rings is 1. The summed E-state index contributed by atoms with van der Waals surface area (Å²) >= 11 is 3.39. The molecule has 1 aromatic rings. The number of carbonyl (C=O) groups is 1. The molecule has 0 bridgehead atoms. The molecule has 92 valence electrons. The fourth-order valence-electron chi connectivity index (χ4n) is 2.03. The second-order valence-electron chi connectivity index (χ2n) is 4.23. The second-order valence-corrected chi connectivity index (χ2v) is 5.15. The molecule has 1 aliphatic heterocycles. The number of amides is 1. The smallest absolute Gasteiger partial charge is 0.246 e. The molecule has 0 saturated carbocycles. The van der Waals surface area contributed by atoms with Gasteiger partial charge in [-0.2, -0.15) is 0 Å². The fourth-order valence-corrected chi connectivity index (χ4v) is 2.41. The number of aliphatic hydroxyl groups excluding tert-OH is 1. The van der Waals surface area contributed by atoms with E-state index in [0.717, 1.165) is 10.2 Å². The number of aliphatic hydroxyl groups is 1. The quantitative estimate of drug-likeness (QED) is 0.861. The molecule has 0 radical (unpaired) electrons. The van der Waals surface area contributed by atoms with E-state index < -0.39 is 6.04 Å². The van der Waals surface area contributed by atoms with Gasteiger partial charge >= 0.3 is 0 Å². The van der Waals surface area contributed by atoms with Crippen molar-refractivity contribution in [3.05, 3.63) is 28.7 Å². The van der Waals surface area contributed by atoms with Crippen LogP contribution in [-0.4, -0.2) is 36.2 Å². The molecule has 2 unspecified atom stereocenters. The standard InChI is InChI=1S/C12H15BrN2O2/c1-8-6-15(12(17)11(7-16)14-8)10-4-2-3-9(13)5-10/h2-5,8,11,14,16H,6-7H2,1H3. The molecule has 1 aromatic carbocycles. The Morgan fingerprint density at radius 2 is 2.35 bits per heavy atom. The molecule has 1 amide bonds. The van der Waals surface area contributed by atoms with Gasteiger partial charge in [-0.25, -0.2) is 0 Å². The van der Waals surface area contributed by atoms with Crippen molar-refractivity contribution in [3.8, 4) is 0 Å².